The normalized spacial score (nSPS) is 10.9. The number of pyridine rings is 1. The molecule has 1 N–H and O–H groups in total. The summed E-state index contributed by atoms with van der Waals surface area (Å²) in [5.41, 5.74) is 0.0682. The predicted molar refractivity (Wildman–Crippen MR) is 68.4 cm³/mol. The zero-order valence-corrected chi connectivity index (χ0v) is 11.3. The third kappa shape index (κ3) is 2.40. The third-order valence-corrected chi connectivity index (χ3v) is 2.54. The van der Waals surface area contributed by atoms with Crippen molar-refractivity contribution >= 4 is 32.9 Å². The highest BCUT2D eigenvalue weighted by atomic mass is 79.9. The molecule has 0 radical (unpaired) electrons. The Morgan fingerprint density at radius 2 is 2.22 bits per heavy atom. The van der Waals surface area contributed by atoms with E-state index in [4.69, 9.17) is 4.74 Å². The standard InChI is InChI=1S/C11H10BrN3O3/c1-5(2)18-10(17)6-3-13-7-4-14-11(12)15-8(7)9(6)16/h3-5H,1-2H3,(H,13,16). The van der Waals surface area contributed by atoms with E-state index in [1.807, 2.05) is 0 Å². The topological polar surface area (TPSA) is 84.9 Å². The minimum absolute atomic E-state index is 0.0678. The van der Waals surface area contributed by atoms with Crippen molar-refractivity contribution in [2.24, 2.45) is 0 Å². The highest BCUT2D eigenvalue weighted by Gasteiger charge is 2.16. The number of fused-ring (bicyclic) bond motifs is 1. The van der Waals surface area contributed by atoms with E-state index < -0.39 is 11.4 Å². The second kappa shape index (κ2) is 4.85. The Balaban J connectivity index is 2.57. The Morgan fingerprint density at radius 3 is 2.89 bits per heavy atom. The van der Waals surface area contributed by atoms with Crippen LogP contribution in [0.3, 0.4) is 0 Å². The molecule has 0 unspecified atom stereocenters. The summed E-state index contributed by atoms with van der Waals surface area (Å²) in [5.74, 6) is -0.664. The van der Waals surface area contributed by atoms with Gasteiger partial charge in [-0.1, -0.05) is 0 Å². The molecule has 0 spiro atoms. The van der Waals surface area contributed by atoms with Crippen molar-refractivity contribution in [1.29, 1.82) is 0 Å². The van der Waals surface area contributed by atoms with Crippen LogP contribution in [0.4, 0.5) is 0 Å². The van der Waals surface area contributed by atoms with Gasteiger partial charge in [-0.2, -0.15) is 0 Å². The quantitative estimate of drug-likeness (QED) is 0.673. The molecule has 18 heavy (non-hydrogen) atoms. The van der Waals surface area contributed by atoms with Gasteiger partial charge in [0.25, 0.3) is 0 Å². The van der Waals surface area contributed by atoms with Crippen LogP contribution in [0.15, 0.2) is 21.9 Å². The SMILES string of the molecule is CC(C)OC(=O)c1c[nH]c2cnc(Br)nc2c1=O. The maximum atomic E-state index is 12.1. The van der Waals surface area contributed by atoms with E-state index in [0.29, 0.717) is 5.52 Å². The molecule has 0 saturated heterocycles. The lowest BCUT2D eigenvalue weighted by atomic mass is 10.2. The molecule has 0 aromatic carbocycles. The molecule has 0 saturated carbocycles. The minimum Gasteiger partial charge on any atom is -0.459 e. The molecule has 0 fully saturated rings. The van der Waals surface area contributed by atoms with E-state index >= 15 is 0 Å². The zero-order chi connectivity index (χ0) is 13.3. The lowest BCUT2D eigenvalue weighted by Gasteiger charge is -2.07. The number of esters is 1. The molecule has 0 aliphatic carbocycles. The molecule has 94 valence electrons. The number of halogens is 1. The van der Waals surface area contributed by atoms with Gasteiger partial charge in [0.15, 0.2) is 4.73 Å². The number of carbonyl (C=O) groups excluding carboxylic acids is 1. The highest BCUT2D eigenvalue weighted by Crippen LogP contribution is 2.09. The number of H-pyrrole nitrogens is 1. The molecule has 2 aromatic rings. The van der Waals surface area contributed by atoms with Gasteiger partial charge in [0.05, 0.1) is 17.8 Å². The summed E-state index contributed by atoms with van der Waals surface area (Å²) in [6, 6.07) is 0. The second-order valence-electron chi connectivity index (χ2n) is 3.89. The number of nitrogens with zero attached hydrogens (tertiary/aromatic N) is 2. The van der Waals surface area contributed by atoms with Crippen molar-refractivity contribution in [3.8, 4) is 0 Å². The number of rotatable bonds is 2. The summed E-state index contributed by atoms with van der Waals surface area (Å²) in [6.07, 6.45) is 2.49. The van der Waals surface area contributed by atoms with E-state index in [2.05, 4.69) is 30.9 Å². The van der Waals surface area contributed by atoms with Crippen molar-refractivity contribution in [2.75, 3.05) is 0 Å². The van der Waals surface area contributed by atoms with Crippen LogP contribution in [-0.2, 0) is 4.74 Å². The molecule has 0 amide bonds. The van der Waals surface area contributed by atoms with Crippen LogP contribution < -0.4 is 5.43 Å². The zero-order valence-electron chi connectivity index (χ0n) is 9.73. The van der Waals surface area contributed by atoms with Crippen LogP contribution in [0.25, 0.3) is 11.0 Å². The number of hydrogen-bond acceptors (Lipinski definition) is 5. The minimum atomic E-state index is -0.664. The van der Waals surface area contributed by atoms with E-state index in [-0.39, 0.29) is 21.9 Å². The number of carbonyl (C=O) groups is 1. The fourth-order valence-corrected chi connectivity index (χ4v) is 1.69. The van der Waals surface area contributed by atoms with Crippen molar-refractivity contribution in [2.45, 2.75) is 20.0 Å². The first kappa shape index (κ1) is 12.7. The molecule has 7 heteroatoms. The van der Waals surface area contributed by atoms with Crippen LogP contribution in [0.1, 0.15) is 24.2 Å². The Hall–Kier alpha value is -1.76. The van der Waals surface area contributed by atoms with Gasteiger partial charge in [-0.3, -0.25) is 4.79 Å². The van der Waals surface area contributed by atoms with E-state index in [1.54, 1.807) is 13.8 Å². The molecule has 2 heterocycles. The third-order valence-electron chi connectivity index (χ3n) is 2.15. The van der Waals surface area contributed by atoms with Crippen LogP contribution >= 0.6 is 15.9 Å². The van der Waals surface area contributed by atoms with Gasteiger partial charge in [0.2, 0.25) is 5.43 Å². The first-order valence-corrected chi connectivity index (χ1v) is 6.03. The number of nitrogens with one attached hydrogen (secondary N) is 1. The van der Waals surface area contributed by atoms with Crippen molar-refractivity contribution in [3.05, 3.63) is 32.9 Å². The number of aromatic amines is 1. The van der Waals surface area contributed by atoms with Crippen molar-refractivity contribution in [1.82, 2.24) is 15.0 Å². The van der Waals surface area contributed by atoms with Crippen molar-refractivity contribution < 1.29 is 9.53 Å². The fraction of sp³-hybridized carbons (Fsp3) is 0.273. The smallest absolute Gasteiger partial charge is 0.343 e. The van der Waals surface area contributed by atoms with Gasteiger partial charge in [-0.05, 0) is 29.8 Å². The molecular weight excluding hydrogens is 302 g/mol. The molecule has 2 rings (SSSR count). The van der Waals surface area contributed by atoms with Gasteiger partial charge >= 0.3 is 5.97 Å². The summed E-state index contributed by atoms with van der Waals surface area (Å²) < 4.78 is 5.27. The number of hydrogen-bond donors (Lipinski definition) is 1. The Morgan fingerprint density at radius 1 is 1.50 bits per heavy atom. The highest BCUT2D eigenvalue weighted by molar-refractivity contribution is 9.10. The van der Waals surface area contributed by atoms with Gasteiger partial charge < -0.3 is 9.72 Å². The first-order chi connectivity index (χ1) is 8.49. The van der Waals surface area contributed by atoms with E-state index in [1.165, 1.54) is 12.4 Å². The molecular formula is C11H10BrN3O3. The Bertz CT molecular complexity index is 666. The number of ether oxygens (including phenoxy) is 1. The van der Waals surface area contributed by atoms with Gasteiger partial charge in [-0.15, -0.1) is 0 Å². The molecule has 0 atom stereocenters. The second-order valence-corrected chi connectivity index (χ2v) is 4.60. The lowest BCUT2D eigenvalue weighted by molar-refractivity contribution is 0.0376. The molecule has 0 aliphatic heterocycles. The average Bonchev–Trinajstić information content (AvgIpc) is 2.29. The van der Waals surface area contributed by atoms with Crippen LogP contribution in [0, 0.1) is 0 Å². The van der Waals surface area contributed by atoms with Crippen LogP contribution in [0.2, 0.25) is 0 Å². The molecule has 0 aliphatic rings. The number of aromatic nitrogens is 3. The average molecular weight is 312 g/mol. The molecule has 2 aromatic heterocycles. The summed E-state index contributed by atoms with van der Waals surface area (Å²) >= 11 is 3.08. The molecule has 6 nitrogen and oxygen atoms in total. The maximum Gasteiger partial charge on any atom is 0.343 e. The molecule has 0 bridgehead atoms. The lowest BCUT2D eigenvalue weighted by Crippen LogP contribution is -2.21. The van der Waals surface area contributed by atoms with E-state index in [9.17, 15) is 9.59 Å². The summed E-state index contributed by atoms with van der Waals surface area (Å²) in [5, 5.41) is 0. The van der Waals surface area contributed by atoms with Gasteiger partial charge in [0, 0.05) is 6.20 Å². The van der Waals surface area contributed by atoms with Crippen LogP contribution in [0.5, 0.6) is 0 Å². The first-order valence-electron chi connectivity index (χ1n) is 5.24. The fourth-order valence-electron chi connectivity index (χ4n) is 1.41. The van der Waals surface area contributed by atoms with Crippen molar-refractivity contribution in [3.63, 3.8) is 0 Å². The summed E-state index contributed by atoms with van der Waals surface area (Å²) in [4.78, 5) is 34.4. The summed E-state index contributed by atoms with van der Waals surface area (Å²) in [6.45, 7) is 3.43. The summed E-state index contributed by atoms with van der Waals surface area (Å²) in [7, 11) is 0. The largest absolute Gasteiger partial charge is 0.459 e. The maximum absolute atomic E-state index is 12.1. The van der Waals surface area contributed by atoms with Crippen LogP contribution in [-0.4, -0.2) is 27.0 Å². The van der Waals surface area contributed by atoms with Gasteiger partial charge in [-0.25, -0.2) is 14.8 Å². The van der Waals surface area contributed by atoms with Gasteiger partial charge in [0.1, 0.15) is 11.1 Å². The Labute approximate surface area is 111 Å². The monoisotopic (exact) mass is 311 g/mol. The van der Waals surface area contributed by atoms with E-state index in [0.717, 1.165) is 0 Å². The Kier molecular flexibility index (Phi) is 3.42. The predicted octanol–water partition coefficient (Wildman–Crippen LogP) is 1.65.